The summed E-state index contributed by atoms with van der Waals surface area (Å²) in [6.45, 7) is 0.911. The monoisotopic (exact) mass is 286 g/mol. The highest BCUT2D eigenvalue weighted by Gasteiger charge is 2.35. The van der Waals surface area contributed by atoms with E-state index in [0.717, 1.165) is 12.2 Å². The fourth-order valence-corrected chi connectivity index (χ4v) is 3.46. The van der Waals surface area contributed by atoms with Crippen LogP contribution in [0.5, 0.6) is 0 Å². The van der Waals surface area contributed by atoms with Gasteiger partial charge in [0.05, 0.1) is 11.9 Å². The lowest BCUT2D eigenvalue weighted by Gasteiger charge is -2.40. The Bertz CT molecular complexity index is 502. The van der Waals surface area contributed by atoms with Gasteiger partial charge in [0.1, 0.15) is 0 Å². The van der Waals surface area contributed by atoms with Crippen LogP contribution in [0.1, 0.15) is 19.3 Å². The third-order valence-electron chi connectivity index (χ3n) is 3.43. The van der Waals surface area contributed by atoms with E-state index >= 15 is 0 Å². The molecular weight excluding hydrogens is 268 g/mol. The predicted octanol–water partition coefficient (Wildman–Crippen LogP) is 2.18. The number of nitrogens with one attached hydrogen (secondary N) is 1. The molecule has 0 spiro atoms. The highest BCUT2D eigenvalue weighted by molar-refractivity contribution is 8.00. The third kappa shape index (κ3) is 2.98. The van der Waals surface area contributed by atoms with E-state index in [9.17, 15) is 8.42 Å². The Morgan fingerprint density at radius 3 is 2.56 bits per heavy atom. The van der Waals surface area contributed by atoms with Crippen molar-refractivity contribution in [2.75, 3.05) is 24.4 Å². The van der Waals surface area contributed by atoms with Crippen LogP contribution in [-0.2, 0) is 9.84 Å². The molecule has 6 heteroatoms. The molecule has 1 aromatic heterocycles. The highest BCUT2D eigenvalue weighted by Crippen LogP contribution is 2.42. The Hall–Kier alpha value is -0.750. The van der Waals surface area contributed by atoms with Gasteiger partial charge in [-0.2, -0.15) is 11.8 Å². The number of anilines is 1. The second kappa shape index (κ2) is 5.09. The summed E-state index contributed by atoms with van der Waals surface area (Å²) in [5.41, 5.74) is 0.878. The zero-order chi connectivity index (χ0) is 13.2. The quantitative estimate of drug-likeness (QED) is 0.899. The predicted molar refractivity (Wildman–Crippen MR) is 75.9 cm³/mol. The number of pyridine rings is 1. The van der Waals surface area contributed by atoms with Crippen LogP contribution in [0.3, 0.4) is 0 Å². The highest BCUT2D eigenvalue weighted by atomic mass is 32.2. The summed E-state index contributed by atoms with van der Waals surface area (Å²) in [6.07, 6.45) is 8.69. The summed E-state index contributed by atoms with van der Waals surface area (Å²) in [4.78, 5) is 3.96. The molecule has 1 saturated carbocycles. The average Bonchev–Trinajstić information content (AvgIpc) is 2.28. The average molecular weight is 286 g/mol. The van der Waals surface area contributed by atoms with Crippen molar-refractivity contribution in [2.24, 2.45) is 0 Å². The number of thioether (sulfide) groups is 1. The number of hydrogen-bond acceptors (Lipinski definition) is 5. The maximum absolute atomic E-state index is 11.3. The molecule has 2 rings (SSSR count). The molecule has 0 saturated heterocycles. The van der Waals surface area contributed by atoms with Gasteiger partial charge < -0.3 is 5.32 Å². The van der Waals surface area contributed by atoms with E-state index in [2.05, 4.69) is 16.6 Å². The SMILES string of the molecule is CSC1(CNc2ccc(S(C)(=O)=O)nc2)CCC1. The molecule has 0 bridgehead atoms. The van der Waals surface area contributed by atoms with Gasteiger partial charge in [0.25, 0.3) is 0 Å². The van der Waals surface area contributed by atoms with Crippen molar-refractivity contribution < 1.29 is 8.42 Å². The molecule has 0 aliphatic heterocycles. The Labute approximate surface area is 112 Å². The molecule has 1 aromatic rings. The molecule has 4 nitrogen and oxygen atoms in total. The number of rotatable bonds is 5. The Balaban J connectivity index is 1.99. The molecule has 1 N–H and O–H groups in total. The first-order valence-corrected chi connectivity index (χ1v) is 9.02. The van der Waals surface area contributed by atoms with Crippen molar-refractivity contribution in [1.29, 1.82) is 0 Å². The molecule has 0 atom stereocenters. The number of aromatic nitrogens is 1. The first-order valence-electron chi connectivity index (χ1n) is 5.90. The first-order chi connectivity index (χ1) is 8.45. The zero-order valence-corrected chi connectivity index (χ0v) is 12.3. The Morgan fingerprint density at radius 1 is 1.44 bits per heavy atom. The molecule has 0 aromatic carbocycles. The zero-order valence-electron chi connectivity index (χ0n) is 10.6. The molecule has 1 heterocycles. The molecule has 1 aliphatic carbocycles. The van der Waals surface area contributed by atoms with Crippen LogP contribution in [0.4, 0.5) is 5.69 Å². The summed E-state index contributed by atoms with van der Waals surface area (Å²) < 4.78 is 22.9. The summed E-state index contributed by atoms with van der Waals surface area (Å²) >= 11 is 1.91. The molecule has 100 valence electrons. The topological polar surface area (TPSA) is 59.1 Å². The molecule has 0 unspecified atom stereocenters. The lowest BCUT2D eigenvalue weighted by molar-refractivity contribution is 0.380. The third-order valence-corrected chi connectivity index (χ3v) is 5.85. The van der Waals surface area contributed by atoms with Crippen molar-refractivity contribution in [3.63, 3.8) is 0 Å². The van der Waals surface area contributed by atoms with Crippen LogP contribution in [0.15, 0.2) is 23.4 Å². The van der Waals surface area contributed by atoms with Crippen molar-refractivity contribution in [2.45, 2.75) is 29.0 Å². The molecule has 1 aliphatic rings. The number of nitrogens with zero attached hydrogens (tertiary/aromatic N) is 1. The minimum absolute atomic E-state index is 0.122. The lowest BCUT2D eigenvalue weighted by atomic mass is 9.84. The van der Waals surface area contributed by atoms with Gasteiger partial charge in [-0.15, -0.1) is 0 Å². The largest absolute Gasteiger partial charge is 0.382 e. The fourth-order valence-electron chi connectivity index (χ4n) is 1.99. The molecule has 0 amide bonds. The van der Waals surface area contributed by atoms with Gasteiger partial charge in [-0.3, -0.25) is 0 Å². The standard InChI is InChI=1S/C12H18N2O2S2/c1-17-12(6-3-7-12)9-14-10-4-5-11(13-8-10)18(2,15)16/h4-5,8,14H,3,6-7,9H2,1-2H3. The number of sulfone groups is 1. The normalized spacial score (nSPS) is 18.1. The maximum Gasteiger partial charge on any atom is 0.192 e. The Kier molecular flexibility index (Phi) is 3.87. The van der Waals surface area contributed by atoms with E-state index in [4.69, 9.17) is 0 Å². The van der Waals surface area contributed by atoms with E-state index < -0.39 is 9.84 Å². The lowest BCUT2D eigenvalue weighted by Crippen LogP contribution is -2.40. The van der Waals surface area contributed by atoms with Gasteiger partial charge in [-0.1, -0.05) is 6.42 Å². The molecule has 18 heavy (non-hydrogen) atoms. The van der Waals surface area contributed by atoms with Crippen molar-refractivity contribution >= 4 is 27.3 Å². The van der Waals surface area contributed by atoms with Gasteiger partial charge in [-0.05, 0) is 31.2 Å². The van der Waals surface area contributed by atoms with Crippen molar-refractivity contribution in [3.05, 3.63) is 18.3 Å². The van der Waals surface area contributed by atoms with Crippen LogP contribution in [0.25, 0.3) is 0 Å². The van der Waals surface area contributed by atoms with Crippen LogP contribution in [0, 0.1) is 0 Å². The van der Waals surface area contributed by atoms with E-state index in [1.54, 1.807) is 18.3 Å². The second-order valence-electron chi connectivity index (χ2n) is 4.75. The molecule has 0 radical (unpaired) electrons. The number of hydrogen-bond donors (Lipinski definition) is 1. The minimum Gasteiger partial charge on any atom is -0.382 e. The summed E-state index contributed by atoms with van der Waals surface area (Å²) in [5.74, 6) is 0. The van der Waals surface area contributed by atoms with Gasteiger partial charge in [-0.25, -0.2) is 13.4 Å². The van der Waals surface area contributed by atoms with Crippen LogP contribution >= 0.6 is 11.8 Å². The van der Waals surface area contributed by atoms with E-state index in [1.165, 1.54) is 25.5 Å². The van der Waals surface area contributed by atoms with Gasteiger partial charge in [0.15, 0.2) is 14.9 Å². The fraction of sp³-hybridized carbons (Fsp3) is 0.583. The van der Waals surface area contributed by atoms with Gasteiger partial charge in [0.2, 0.25) is 0 Å². The molecule has 1 fully saturated rings. The van der Waals surface area contributed by atoms with Crippen LogP contribution in [0.2, 0.25) is 0 Å². The van der Waals surface area contributed by atoms with E-state index in [0.29, 0.717) is 4.75 Å². The van der Waals surface area contributed by atoms with E-state index in [1.807, 2.05) is 11.8 Å². The first kappa shape index (κ1) is 13.7. The smallest absolute Gasteiger partial charge is 0.192 e. The second-order valence-corrected chi connectivity index (χ2v) is 7.99. The summed E-state index contributed by atoms with van der Waals surface area (Å²) in [6, 6.07) is 3.32. The minimum atomic E-state index is -3.20. The van der Waals surface area contributed by atoms with Gasteiger partial charge in [0, 0.05) is 17.5 Å². The van der Waals surface area contributed by atoms with Crippen molar-refractivity contribution in [3.8, 4) is 0 Å². The van der Waals surface area contributed by atoms with Crippen molar-refractivity contribution in [1.82, 2.24) is 4.98 Å². The van der Waals surface area contributed by atoms with Gasteiger partial charge >= 0.3 is 0 Å². The van der Waals surface area contributed by atoms with Crippen LogP contribution in [-0.4, -0.2) is 37.2 Å². The maximum atomic E-state index is 11.3. The summed E-state index contributed by atoms with van der Waals surface area (Å²) in [5, 5.41) is 3.46. The van der Waals surface area contributed by atoms with E-state index in [-0.39, 0.29) is 5.03 Å². The Morgan fingerprint density at radius 2 is 2.17 bits per heavy atom. The molecular formula is C12H18N2O2S2. The van der Waals surface area contributed by atoms with Crippen LogP contribution < -0.4 is 5.32 Å². The summed E-state index contributed by atoms with van der Waals surface area (Å²) in [7, 11) is -3.20.